The Morgan fingerprint density at radius 2 is 1.81 bits per heavy atom. The second kappa shape index (κ2) is 9.80. The number of hydrogen-bond acceptors (Lipinski definition) is 6. The molecule has 6 rings (SSSR count). The van der Waals surface area contributed by atoms with Crippen LogP contribution in [0.25, 0.3) is 33.3 Å². The lowest BCUT2D eigenvalue weighted by Crippen LogP contribution is -2.40. The van der Waals surface area contributed by atoms with E-state index >= 15 is 0 Å². The van der Waals surface area contributed by atoms with Crippen LogP contribution in [0.5, 0.6) is 5.75 Å². The smallest absolute Gasteiger partial charge is 0.202 e. The molecule has 3 aromatic carbocycles. The van der Waals surface area contributed by atoms with Gasteiger partial charge in [0.05, 0.1) is 11.1 Å². The van der Waals surface area contributed by atoms with E-state index in [1.54, 1.807) is 0 Å². The van der Waals surface area contributed by atoms with Crippen LogP contribution in [0.15, 0.2) is 81.7 Å². The van der Waals surface area contributed by atoms with Crippen molar-refractivity contribution < 1.29 is 18.8 Å². The van der Waals surface area contributed by atoms with Crippen LogP contribution in [-0.4, -0.2) is 47.5 Å². The highest BCUT2D eigenvalue weighted by atomic mass is 16.5. The zero-order chi connectivity index (χ0) is 24.5. The summed E-state index contributed by atoms with van der Waals surface area (Å²) in [6, 6.07) is 24.8. The van der Waals surface area contributed by atoms with E-state index in [2.05, 4.69) is 52.5 Å². The van der Waals surface area contributed by atoms with Crippen molar-refractivity contribution in [2.24, 2.45) is 0 Å². The topological polar surface area (TPSA) is 71.9 Å². The quantitative estimate of drug-likeness (QED) is 0.299. The number of aliphatic hydroxyl groups excluding tert-OH is 1. The molecule has 6 nitrogen and oxygen atoms in total. The van der Waals surface area contributed by atoms with Gasteiger partial charge in [-0.25, -0.2) is 0 Å². The minimum absolute atomic E-state index is 0.228. The molecule has 1 aliphatic heterocycles. The van der Waals surface area contributed by atoms with E-state index in [1.807, 2.05) is 37.3 Å². The summed E-state index contributed by atoms with van der Waals surface area (Å²) < 4.78 is 17.3. The number of ether oxygens (including phenoxy) is 1. The Balaban J connectivity index is 1.04. The summed E-state index contributed by atoms with van der Waals surface area (Å²) in [6.45, 7) is 4.66. The minimum Gasteiger partial charge on any atom is -0.490 e. The molecule has 0 saturated carbocycles. The fourth-order valence-corrected chi connectivity index (χ4v) is 5.21. The summed E-state index contributed by atoms with van der Waals surface area (Å²) >= 11 is 0. The van der Waals surface area contributed by atoms with Gasteiger partial charge in [0.1, 0.15) is 24.0 Å². The van der Waals surface area contributed by atoms with E-state index in [0.717, 1.165) is 37.0 Å². The van der Waals surface area contributed by atoms with Gasteiger partial charge in [-0.1, -0.05) is 53.7 Å². The van der Waals surface area contributed by atoms with Gasteiger partial charge in [-0.15, -0.1) is 0 Å². The third-order valence-corrected chi connectivity index (χ3v) is 7.12. The summed E-state index contributed by atoms with van der Waals surface area (Å²) in [4.78, 5) is 2.34. The largest absolute Gasteiger partial charge is 0.490 e. The maximum absolute atomic E-state index is 10.7. The van der Waals surface area contributed by atoms with Crippen LogP contribution in [0.2, 0.25) is 0 Å². The normalized spacial score (nSPS) is 16.1. The van der Waals surface area contributed by atoms with Crippen molar-refractivity contribution in [3.63, 3.8) is 0 Å². The third-order valence-electron chi connectivity index (χ3n) is 7.12. The summed E-state index contributed by atoms with van der Waals surface area (Å²) in [7, 11) is 0. The number of hydrogen-bond donors (Lipinski definition) is 1. The van der Waals surface area contributed by atoms with Crippen molar-refractivity contribution in [2.75, 3.05) is 26.2 Å². The molecule has 0 aliphatic carbocycles. The van der Waals surface area contributed by atoms with Crippen LogP contribution in [0.3, 0.4) is 0 Å². The Hall–Kier alpha value is -3.61. The molecule has 1 fully saturated rings. The summed E-state index contributed by atoms with van der Waals surface area (Å²) in [6.07, 6.45) is 1.63. The van der Waals surface area contributed by atoms with Crippen LogP contribution >= 0.6 is 0 Å². The molecule has 6 heteroatoms. The van der Waals surface area contributed by atoms with Crippen LogP contribution in [-0.2, 0) is 0 Å². The Kier molecular flexibility index (Phi) is 6.21. The predicted molar refractivity (Wildman–Crippen MR) is 140 cm³/mol. The summed E-state index contributed by atoms with van der Waals surface area (Å²) in [5.74, 6) is 2.45. The highest BCUT2D eigenvalue weighted by molar-refractivity contribution is 5.87. The molecule has 184 valence electrons. The van der Waals surface area contributed by atoms with E-state index in [0.29, 0.717) is 35.3 Å². The first kappa shape index (κ1) is 22.8. The first-order chi connectivity index (χ1) is 17.6. The second-order valence-electron chi connectivity index (χ2n) is 9.76. The van der Waals surface area contributed by atoms with Crippen molar-refractivity contribution >= 4 is 21.7 Å². The zero-order valence-electron chi connectivity index (χ0n) is 20.4. The number of nitrogens with zero attached hydrogens (tertiary/aromatic N) is 2. The molecule has 0 unspecified atom stereocenters. The van der Waals surface area contributed by atoms with Gasteiger partial charge in [0, 0.05) is 12.6 Å². The molecule has 5 aromatic rings. The van der Waals surface area contributed by atoms with Gasteiger partial charge in [0.25, 0.3) is 0 Å². The second-order valence-corrected chi connectivity index (χ2v) is 9.76. The van der Waals surface area contributed by atoms with Crippen LogP contribution in [0.4, 0.5) is 0 Å². The number of aromatic nitrogens is 1. The van der Waals surface area contributed by atoms with Crippen molar-refractivity contribution in [2.45, 2.75) is 31.8 Å². The minimum atomic E-state index is -0.569. The van der Waals surface area contributed by atoms with Gasteiger partial charge in [-0.3, -0.25) is 0 Å². The monoisotopic (exact) mass is 482 g/mol. The van der Waals surface area contributed by atoms with E-state index in [9.17, 15) is 5.11 Å². The summed E-state index contributed by atoms with van der Waals surface area (Å²) in [5, 5.41) is 18.1. The van der Waals surface area contributed by atoms with E-state index in [1.165, 1.54) is 16.3 Å². The number of aliphatic hydroxyl groups is 1. The van der Waals surface area contributed by atoms with Crippen LogP contribution in [0, 0.1) is 6.92 Å². The van der Waals surface area contributed by atoms with E-state index in [4.69, 9.17) is 13.7 Å². The first-order valence-corrected chi connectivity index (χ1v) is 12.6. The standard InChI is InChI=1S/C30H30N2O4/c1-20-15-30(36-31-20)29-17-26-27(7-4-8-28(26)35-29)34-19-25(33)18-32-13-11-22(12-14-32)24-10-9-21-5-2-3-6-23(21)16-24/h2-10,15-17,22,25,33H,11-14,18-19H2,1H3/t25-/m0/s1. The van der Waals surface area contributed by atoms with Gasteiger partial charge in [0.2, 0.25) is 5.76 Å². The Labute approximate surface area is 210 Å². The number of piperidine rings is 1. The lowest BCUT2D eigenvalue weighted by Gasteiger charge is -2.33. The predicted octanol–water partition coefficient (Wildman–Crippen LogP) is 6.17. The van der Waals surface area contributed by atoms with E-state index < -0.39 is 6.10 Å². The number of β-amino-alcohol motifs (C(OH)–C–C–N with tert-alkyl or cyclic N) is 1. The Morgan fingerprint density at radius 3 is 2.61 bits per heavy atom. The molecule has 0 bridgehead atoms. The van der Waals surface area contributed by atoms with Crippen LogP contribution < -0.4 is 4.74 Å². The molecule has 2 aromatic heterocycles. The van der Waals surface area contributed by atoms with Crippen molar-refractivity contribution in [1.82, 2.24) is 10.1 Å². The van der Waals surface area contributed by atoms with Crippen molar-refractivity contribution in [1.29, 1.82) is 0 Å². The first-order valence-electron chi connectivity index (χ1n) is 12.6. The molecule has 0 radical (unpaired) electrons. The molecule has 36 heavy (non-hydrogen) atoms. The average molecular weight is 483 g/mol. The molecular weight excluding hydrogens is 452 g/mol. The maximum Gasteiger partial charge on any atom is 0.202 e. The van der Waals surface area contributed by atoms with Crippen LogP contribution in [0.1, 0.15) is 30.0 Å². The van der Waals surface area contributed by atoms with Gasteiger partial charge in [-0.05, 0) is 73.3 Å². The fraction of sp³-hybridized carbons (Fsp3) is 0.300. The lowest BCUT2D eigenvalue weighted by atomic mass is 9.88. The van der Waals surface area contributed by atoms with Gasteiger partial charge in [-0.2, -0.15) is 0 Å². The molecule has 0 spiro atoms. The molecule has 1 atom stereocenters. The SMILES string of the molecule is Cc1cc(-c2cc3c(OC[C@@H](O)CN4CCC(c5ccc6ccccc6c5)CC4)cccc3o2)on1. The molecule has 3 heterocycles. The molecule has 1 N–H and O–H groups in total. The Morgan fingerprint density at radius 1 is 0.972 bits per heavy atom. The molecular formula is C30H30N2O4. The number of benzene rings is 3. The fourth-order valence-electron chi connectivity index (χ4n) is 5.21. The van der Waals surface area contributed by atoms with Crippen molar-refractivity contribution in [3.05, 3.63) is 84.1 Å². The number of aryl methyl sites for hydroxylation is 1. The number of rotatable bonds is 7. The highest BCUT2D eigenvalue weighted by Crippen LogP contribution is 2.34. The molecule has 1 aliphatic rings. The zero-order valence-corrected chi connectivity index (χ0v) is 20.4. The molecule has 1 saturated heterocycles. The number of likely N-dealkylation sites (tertiary alicyclic amines) is 1. The maximum atomic E-state index is 10.7. The molecule has 0 amide bonds. The number of furan rings is 1. The average Bonchev–Trinajstić information content (AvgIpc) is 3.54. The Bertz CT molecular complexity index is 1480. The lowest BCUT2D eigenvalue weighted by molar-refractivity contribution is 0.0599. The highest BCUT2D eigenvalue weighted by Gasteiger charge is 2.23. The van der Waals surface area contributed by atoms with Gasteiger partial charge in [0.15, 0.2) is 5.76 Å². The van der Waals surface area contributed by atoms with Crippen molar-refractivity contribution in [3.8, 4) is 17.3 Å². The summed E-state index contributed by atoms with van der Waals surface area (Å²) in [5.41, 5.74) is 2.93. The number of fused-ring (bicyclic) bond motifs is 2. The third kappa shape index (κ3) is 4.74. The van der Waals surface area contributed by atoms with Gasteiger partial charge >= 0.3 is 0 Å². The van der Waals surface area contributed by atoms with Gasteiger partial charge < -0.3 is 23.7 Å². The van der Waals surface area contributed by atoms with E-state index in [-0.39, 0.29) is 6.61 Å².